The standard InChI is InChI=1S/C9H20N2O.C8H15N3/c1-10-9-4-3-5-11(8-9)6-7-12-2;1-10-8-3-2-5-11(7-8)6-4-9/h9-10H,3-8H2,1-2H3;8,10H,2-3,5-7H2,1H3. The third-order valence-corrected chi connectivity index (χ3v) is 4.73. The van der Waals surface area contributed by atoms with E-state index in [2.05, 4.69) is 26.5 Å². The SMILES string of the molecule is CNC1CCCN(CC#N)C1.CNC1CCCN(CCOC)C1. The van der Waals surface area contributed by atoms with E-state index in [1.807, 2.05) is 14.1 Å². The van der Waals surface area contributed by atoms with Crippen LogP contribution in [0.5, 0.6) is 0 Å². The molecule has 0 spiro atoms. The smallest absolute Gasteiger partial charge is 0.0866 e. The molecule has 0 radical (unpaired) electrons. The monoisotopic (exact) mass is 325 g/mol. The van der Waals surface area contributed by atoms with Crippen molar-refractivity contribution in [2.75, 3.05) is 67.1 Å². The highest BCUT2D eigenvalue weighted by Gasteiger charge is 2.18. The molecule has 0 aromatic carbocycles. The van der Waals surface area contributed by atoms with Crippen LogP contribution in [-0.4, -0.2) is 89.0 Å². The molecule has 2 rings (SSSR count). The van der Waals surface area contributed by atoms with Crippen LogP contribution in [0.25, 0.3) is 0 Å². The number of likely N-dealkylation sites (N-methyl/N-ethyl adjacent to an activating group) is 2. The number of hydrogen-bond acceptors (Lipinski definition) is 6. The fourth-order valence-electron chi connectivity index (χ4n) is 3.25. The minimum absolute atomic E-state index is 0.582. The second-order valence-corrected chi connectivity index (χ2v) is 6.44. The quantitative estimate of drug-likeness (QED) is 0.694. The van der Waals surface area contributed by atoms with E-state index in [-0.39, 0.29) is 0 Å². The van der Waals surface area contributed by atoms with E-state index < -0.39 is 0 Å². The molecule has 0 aliphatic carbocycles. The minimum Gasteiger partial charge on any atom is -0.383 e. The van der Waals surface area contributed by atoms with Crippen molar-refractivity contribution >= 4 is 0 Å². The van der Waals surface area contributed by atoms with E-state index in [9.17, 15) is 0 Å². The van der Waals surface area contributed by atoms with E-state index in [1.165, 1.54) is 38.8 Å². The fourth-order valence-corrected chi connectivity index (χ4v) is 3.25. The summed E-state index contributed by atoms with van der Waals surface area (Å²) in [6.07, 6.45) is 5.10. The Hall–Kier alpha value is -0.710. The summed E-state index contributed by atoms with van der Waals surface area (Å²) >= 11 is 0. The molecular weight excluding hydrogens is 290 g/mol. The van der Waals surface area contributed by atoms with Gasteiger partial charge < -0.3 is 15.4 Å². The van der Waals surface area contributed by atoms with Gasteiger partial charge in [-0.25, -0.2) is 0 Å². The van der Waals surface area contributed by atoms with Gasteiger partial charge in [-0.2, -0.15) is 5.26 Å². The van der Waals surface area contributed by atoms with Gasteiger partial charge in [0.1, 0.15) is 0 Å². The number of nitriles is 1. The van der Waals surface area contributed by atoms with Gasteiger partial charge in [0.05, 0.1) is 19.2 Å². The first-order valence-electron chi connectivity index (χ1n) is 8.88. The zero-order valence-electron chi connectivity index (χ0n) is 15.2. The molecule has 2 unspecified atom stereocenters. The topological polar surface area (TPSA) is 63.6 Å². The van der Waals surface area contributed by atoms with Gasteiger partial charge in [0.2, 0.25) is 0 Å². The van der Waals surface area contributed by atoms with Crippen molar-refractivity contribution in [2.45, 2.75) is 37.8 Å². The van der Waals surface area contributed by atoms with Crippen molar-refractivity contribution in [1.29, 1.82) is 5.26 Å². The van der Waals surface area contributed by atoms with Crippen LogP contribution in [-0.2, 0) is 4.74 Å². The van der Waals surface area contributed by atoms with Gasteiger partial charge in [-0.15, -0.1) is 0 Å². The molecule has 23 heavy (non-hydrogen) atoms. The Kier molecular flexibility index (Phi) is 11.2. The van der Waals surface area contributed by atoms with Crippen LogP contribution in [0, 0.1) is 11.3 Å². The van der Waals surface area contributed by atoms with Gasteiger partial charge in [-0.05, 0) is 52.9 Å². The zero-order valence-corrected chi connectivity index (χ0v) is 15.2. The van der Waals surface area contributed by atoms with Crippen LogP contribution >= 0.6 is 0 Å². The molecule has 2 heterocycles. The first-order valence-corrected chi connectivity index (χ1v) is 8.88. The molecule has 6 heteroatoms. The number of nitrogens with zero attached hydrogens (tertiary/aromatic N) is 3. The molecule has 0 aromatic rings. The molecule has 2 aliphatic heterocycles. The summed E-state index contributed by atoms with van der Waals surface area (Å²) < 4.78 is 5.05. The molecular formula is C17H35N5O. The zero-order chi connectivity index (χ0) is 16.9. The Balaban J connectivity index is 0.000000231. The fraction of sp³-hybridized carbons (Fsp3) is 0.941. The number of rotatable bonds is 6. The maximum atomic E-state index is 8.47. The summed E-state index contributed by atoms with van der Waals surface area (Å²) in [5.41, 5.74) is 0. The van der Waals surface area contributed by atoms with Gasteiger partial charge >= 0.3 is 0 Å². The van der Waals surface area contributed by atoms with E-state index in [0.717, 1.165) is 26.2 Å². The second-order valence-electron chi connectivity index (χ2n) is 6.44. The highest BCUT2D eigenvalue weighted by atomic mass is 16.5. The lowest BCUT2D eigenvalue weighted by molar-refractivity contribution is 0.124. The number of nitrogens with one attached hydrogen (secondary N) is 2. The third kappa shape index (κ3) is 8.63. The molecule has 6 nitrogen and oxygen atoms in total. The number of ether oxygens (including phenoxy) is 1. The summed E-state index contributed by atoms with van der Waals surface area (Å²) in [5.74, 6) is 0. The van der Waals surface area contributed by atoms with Crippen molar-refractivity contribution in [3.8, 4) is 6.07 Å². The minimum atomic E-state index is 0.582. The summed E-state index contributed by atoms with van der Waals surface area (Å²) in [5, 5.41) is 15.0. The third-order valence-electron chi connectivity index (χ3n) is 4.73. The van der Waals surface area contributed by atoms with Crippen molar-refractivity contribution < 1.29 is 4.74 Å². The maximum absolute atomic E-state index is 8.47. The van der Waals surface area contributed by atoms with Crippen molar-refractivity contribution in [1.82, 2.24) is 20.4 Å². The van der Waals surface area contributed by atoms with Crippen molar-refractivity contribution in [2.24, 2.45) is 0 Å². The highest BCUT2D eigenvalue weighted by Crippen LogP contribution is 2.09. The Morgan fingerprint density at radius 2 is 1.61 bits per heavy atom. The Labute approximate surface area is 142 Å². The van der Waals surface area contributed by atoms with Gasteiger partial charge in [0.25, 0.3) is 0 Å². The molecule has 0 saturated carbocycles. The van der Waals surface area contributed by atoms with E-state index in [4.69, 9.17) is 10.00 Å². The average molecular weight is 326 g/mol. The number of methoxy groups -OCH3 is 1. The maximum Gasteiger partial charge on any atom is 0.0866 e. The first-order chi connectivity index (χ1) is 11.2. The predicted molar refractivity (Wildman–Crippen MR) is 94.5 cm³/mol. The van der Waals surface area contributed by atoms with Crippen LogP contribution in [0.1, 0.15) is 25.7 Å². The van der Waals surface area contributed by atoms with E-state index >= 15 is 0 Å². The molecule has 134 valence electrons. The Morgan fingerprint density at radius 1 is 1.04 bits per heavy atom. The van der Waals surface area contributed by atoms with Gasteiger partial charge in [0, 0.05) is 38.8 Å². The largest absolute Gasteiger partial charge is 0.383 e. The predicted octanol–water partition coefficient (Wildman–Crippen LogP) is 0.510. The van der Waals surface area contributed by atoms with Crippen LogP contribution in [0.2, 0.25) is 0 Å². The van der Waals surface area contributed by atoms with E-state index in [0.29, 0.717) is 18.6 Å². The Morgan fingerprint density at radius 3 is 2.13 bits per heavy atom. The summed E-state index contributed by atoms with van der Waals surface area (Å²) in [6.45, 7) is 7.06. The molecule has 0 bridgehead atoms. The van der Waals surface area contributed by atoms with Gasteiger partial charge in [-0.1, -0.05) is 0 Å². The highest BCUT2D eigenvalue weighted by molar-refractivity contribution is 4.83. The Bertz CT molecular complexity index is 333. The van der Waals surface area contributed by atoms with Crippen LogP contribution in [0.3, 0.4) is 0 Å². The molecule has 2 atom stereocenters. The summed E-state index contributed by atoms with van der Waals surface area (Å²) in [6, 6.07) is 3.47. The average Bonchev–Trinajstić information content (AvgIpc) is 2.61. The molecule has 2 N–H and O–H groups in total. The normalized spacial score (nSPS) is 26.2. The summed E-state index contributed by atoms with van der Waals surface area (Å²) in [7, 11) is 5.80. The number of piperidine rings is 2. The lowest BCUT2D eigenvalue weighted by Gasteiger charge is -2.32. The molecule has 2 aliphatic rings. The van der Waals surface area contributed by atoms with Gasteiger partial charge in [0.15, 0.2) is 0 Å². The van der Waals surface area contributed by atoms with E-state index in [1.54, 1.807) is 7.11 Å². The van der Waals surface area contributed by atoms with Crippen molar-refractivity contribution in [3.05, 3.63) is 0 Å². The van der Waals surface area contributed by atoms with Crippen LogP contribution in [0.15, 0.2) is 0 Å². The lowest BCUT2D eigenvalue weighted by atomic mass is 10.1. The second kappa shape index (κ2) is 12.7. The summed E-state index contributed by atoms with van der Waals surface area (Å²) in [4.78, 5) is 4.67. The van der Waals surface area contributed by atoms with Crippen LogP contribution in [0.4, 0.5) is 0 Å². The van der Waals surface area contributed by atoms with Crippen molar-refractivity contribution in [3.63, 3.8) is 0 Å². The molecule has 2 saturated heterocycles. The molecule has 0 amide bonds. The number of likely N-dealkylation sites (tertiary alicyclic amines) is 2. The van der Waals surface area contributed by atoms with Crippen LogP contribution < -0.4 is 10.6 Å². The van der Waals surface area contributed by atoms with Gasteiger partial charge in [-0.3, -0.25) is 9.80 Å². The molecule has 0 aromatic heterocycles. The lowest BCUT2D eigenvalue weighted by Crippen LogP contribution is -2.45. The number of hydrogen-bond donors (Lipinski definition) is 2. The first kappa shape index (κ1) is 20.3. The molecule has 2 fully saturated rings.